The molecule has 0 radical (unpaired) electrons. The summed E-state index contributed by atoms with van der Waals surface area (Å²) in [6.45, 7) is 0.0592. The monoisotopic (exact) mass is 257 g/mol. The quantitative estimate of drug-likeness (QED) is 0.888. The number of aromatic nitrogens is 2. The molecule has 0 saturated carbocycles. The molecule has 0 aliphatic rings. The largest absolute Gasteiger partial charge is 0.489 e. The van der Waals surface area contributed by atoms with Gasteiger partial charge >= 0.3 is 6.18 Å². The first kappa shape index (κ1) is 12.3. The van der Waals surface area contributed by atoms with E-state index in [4.69, 9.17) is 10.5 Å². The van der Waals surface area contributed by atoms with Gasteiger partial charge in [-0.1, -0.05) is 6.07 Å². The Morgan fingerprint density at radius 1 is 1.33 bits per heavy atom. The van der Waals surface area contributed by atoms with Crippen LogP contribution >= 0.6 is 0 Å². The highest BCUT2D eigenvalue weighted by Gasteiger charge is 2.30. The van der Waals surface area contributed by atoms with Gasteiger partial charge in [-0.3, -0.25) is 5.10 Å². The van der Waals surface area contributed by atoms with Crippen molar-refractivity contribution in [1.82, 2.24) is 10.2 Å². The summed E-state index contributed by atoms with van der Waals surface area (Å²) in [6, 6.07) is 4.66. The van der Waals surface area contributed by atoms with E-state index in [1.807, 2.05) is 0 Å². The fourth-order valence-electron chi connectivity index (χ4n) is 1.36. The Labute approximate surface area is 101 Å². The van der Waals surface area contributed by atoms with Gasteiger partial charge < -0.3 is 10.5 Å². The Balaban J connectivity index is 2.09. The van der Waals surface area contributed by atoms with Crippen LogP contribution in [-0.2, 0) is 12.8 Å². The van der Waals surface area contributed by atoms with E-state index in [-0.39, 0.29) is 12.4 Å². The van der Waals surface area contributed by atoms with Gasteiger partial charge in [0.15, 0.2) is 0 Å². The minimum atomic E-state index is -4.38. The van der Waals surface area contributed by atoms with E-state index in [1.54, 1.807) is 0 Å². The Hall–Kier alpha value is -2.18. The van der Waals surface area contributed by atoms with Crippen molar-refractivity contribution >= 4 is 5.82 Å². The lowest BCUT2D eigenvalue weighted by atomic mass is 10.2. The van der Waals surface area contributed by atoms with Gasteiger partial charge in [-0.05, 0) is 18.2 Å². The number of nitrogen functional groups attached to an aromatic ring is 1. The zero-order valence-corrected chi connectivity index (χ0v) is 9.16. The number of ether oxygens (including phenoxy) is 1. The molecule has 18 heavy (non-hydrogen) atoms. The molecule has 0 amide bonds. The first-order valence-electron chi connectivity index (χ1n) is 5.04. The highest BCUT2D eigenvalue weighted by molar-refractivity contribution is 5.37. The third-order valence-corrected chi connectivity index (χ3v) is 2.31. The summed E-state index contributed by atoms with van der Waals surface area (Å²) in [4.78, 5) is 0. The van der Waals surface area contributed by atoms with Gasteiger partial charge in [0.2, 0.25) is 0 Å². The summed E-state index contributed by atoms with van der Waals surface area (Å²) in [7, 11) is 0. The number of alkyl halides is 3. The third kappa shape index (κ3) is 2.73. The molecule has 0 aliphatic heterocycles. The molecule has 2 rings (SSSR count). The minimum Gasteiger partial charge on any atom is -0.489 e. The van der Waals surface area contributed by atoms with Gasteiger partial charge in [0, 0.05) is 0 Å². The van der Waals surface area contributed by atoms with Crippen molar-refractivity contribution in [2.24, 2.45) is 0 Å². The molecule has 0 unspecified atom stereocenters. The fraction of sp³-hybridized carbons (Fsp3) is 0.182. The number of nitrogens with two attached hydrogens (primary N) is 1. The van der Waals surface area contributed by atoms with Crippen LogP contribution < -0.4 is 10.5 Å². The van der Waals surface area contributed by atoms with Crippen LogP contribution in [0.1, 0.15) is 11.1 Å². The summed E-state index contributed by atoms with van der Waals surface area (Å²) in [5.74, 6) is 0.465. The minimum absolute atomic E-state index is 0.0592. The van der Waals surface area contributed by atoms with E-state index in [0.29, 0.717) is 11.4 Å². The van der Waals surface area contributed by atoms with Crippen molar-refractivity contribution in [3.8, 4) is 5.75 Å². The number of benzene rings is 1. The molecule has 3 N–H and O–H groups in total. The molecule has 0 fully saturated rings. The Morgan fingerprint density at radius 3 is 2.72 bits per heavy atom. The third-order valence-electron chi connectivity index (χ3n) is 2.31. The molecular weight excluding hydrogens is 247 g/mol. The van der Waals surface area contributed by atoms with E-state index in [1.165, 1.54) is 18.3 Å². The molecule has 0 atom stereocenters. The van der Waals surface area contributed by atoms with Gasteiger partial charge in [-0.25, -0.2) is 0 Å². The Kier molecular flexibility index (Phi) is 3.14. The number of rotatable bonds is 3. The van der Waals surface area contributed by atoms with Crippen LogP contribution in [-0.4, -0.2) is 10.2 Å². The van der Waals surface area contributed by atoms with E-state index in [0.717, 1.165) is 12.1 Å². The van der Waals surface area contributed by atoms with Gasteiger partial charge in [0.05, 0.1) is 17.3 Å². The predicted molar refractivity (Wildman–Crippen MR) is 58.8 cm³/mol. The highest BCUT2D eigenvalue weighted by atomic mass is 19.4. The lowest BCUT2D eigenvalue weighted by Gasteiger charge is -2.09. The second kappa shape index (κ2) is 4.59. The molecule has 1 aromatic carbocycles. The summed E-state index contributed by atoms with van der Waals surface area (Å²) in [5.41, 5.74) is 5.37. The maximum absolute atomic E-state index is 12.5. The number of H-pyrrole nitrogens is 1. The van der Waals surface area contributed by atoms with E-state index < -0.39 is 11.7 Å². The molecular formula is C11H10F3N3O. The smallest absolute Gasteiger partial charge is 0.416 e. The van der Waals surface area contributed by atoms with Crippen molar-refractivity contribution in [1.29, 1.82) is 0 Å². The maximum Gasteiger partial charge on any atom is 0.416 e. The number of hydrogen-bond acceptors (Lipinski definition) is 3. The number of aromatic amines is 1. The number of nitrogens with zero attached hydrogens (tertiary/aromatic N) is 1. The molecule has 0 bridgehead atoms. The average molecular weight is 257 g/mol. The van der Waals surface area contributed by atoms with E-state index in [9.17, 15) is 13.2 Å². The van der Waals surface area contributed by atoms with Gasteiger partial charge in [-0.2, -0.15) is 18.3 Å². The van der Waals surface area contributed by atoms with Gasteiger partial charge in [-0.15, -0.1) is 0 Å². The van der Waals surface area contributed by atoms with Gasteiger partial charge in [0.25, 0.3) is 0 Å². The Bertz CT molecular complexity index is 536. The molecule has 0 spiro atoms. The Morgan fingerprint density at radius 2 is 2.11 bits per heavy atom. The number of halogens is 3. The maximum atomic E-state index is 12.5. The fourth-order valence-corrected chi connectivity index (χ4v) is 1.36. The van der Waals surface area contributed by atoms with Crippen LogP contribution in [0, 0.1) is 0 Å². The molecule has 1 aromatic heterocycles. The molecule has 4 nitrogen and oxygen atoms in total. The zero-order chi connectivity index (χ0) is 13.2. The molecule has 0 saturated heterocycles. The number of nitrogens with one attached hydrogen (secondary N) is 1. The first-order valence-corrected chi connectivity index (χ1v) is 5.04. The summed E-state index contributed by atoms with van der Waals surface area (Å²) >= 11 is 0. The van der Waals surface area contributed by atoms with E-state index in [2.05, 4.69) is 10.2 Å². The summed E-state index contributed by atoms with van der Waals surface area (Å²) in [6.07, 6.45) is -2.92. The summed E-state index contributed by atoms with van der Waals surface area (Å²) < 4.78 is 42.6. The van der Waals surface area contributed by atoms with Crippen molar-refractivity contribution in [3.05, 3.63) is 41.6 Å². The van der Waals surface area contributed by atoms with Crippen LogP contribution in [0.3, 0.4) is 0 Å². The first-order chi connectivity index (χ1) is 8.47. The van der Waals surface area contributed by atoms with Crippen molar-refractivity contribution in [2.45, 2.75) is 12.8 Å². The highest BCUT2D eigenvalue weighted by Crippen LogP contribution is 2.31. The number of anilines is 1. The van der Waals surface area contributed by atoms with Crippen LogP contribution in [0.4, 0.5) is 19.0 Å². The standard InChI is InChI=1S/C11H10F3N3O/c12-11(13,14)8-2-1-3-9(4-8)18-6-7-5-16-17-10(7)15/h1-5H,6H2,(H3,15,16,17). The average Bonchev–Trinajstić information content (AvgIpc) is 2.72. The SMILES string of the molecule is Nc1[nH]ncc1COc1cccc(C(F)(F)F)c1. The van der Waals surface area contributed by atoms with Crippen molar-refractivity contribution in [2.75, 3.05) is 5.73 Å². The molecule has 1 heterocycles. The molecule has 0 aliphatic carbocycles. The van der Waals surface area contributed by atoms with Crippen molar-refractivity contribution < 1.29 is 17.9 Å². The van der Waals surface area contributed by atoms with E-state index >= 15 is 0 Å². The number of hydrogen-bond donors (Lipinski definition) is 2. The van der Waals surface area contributed by atoms with Crippen molar-refractivity contribution in [3.63, 3.8) is 0 Å². The van der Waals surface area contributed by atoms with Crippen LogP contribution in [0.5, 0.6) is 5.75 Å². The molecule has 2 aromatic rings. The molecule has 96 valence electrons. The van der Waals surface area contributed by atoms with Crippen LogP contribution in [0.15, 0.2) is 30.5 Å². The van der Waals surface area contributed by atoms with Gasteiger partial charge in [0.1, 0.15) is 18.2 Å². The lowest BCUT2D eigenvalue weighted by Crippen LogP contribution is -2.05. The zero-order valence-electron chi connectivity index (χ0n) is 9.16. The lowest BCUT2D eigenvalue weighted by molar-refractivity contribution is -0.137. The topological polar surface area (TPSA) is 63.9 Å². The summed E-state index contributed by atoms with van der Waals surface area (Å²) in [5, 5.41) is 6.19. The molecule has 7 heteroatoms. The normalized spacial score (nSPS) is 11.5. The van der Waals surface area contributed by atoms with Crippen LogP contribution in [0.25, 0.3) is 0 Å². The second-order valence-electron chi connectivity index (χ2n) is 3.62. The second-order valence-corrected chi connectivity index (χ2v) is 3.62. The predicted octanol–water partition coefficient (Wildman–Crippen LogP) is 2.59. The van der Waals surface area contributed by atoms with Crippen LogP contribution in [0.2, 0.25) is 0 Å².